The molecule has 1 amide bonds. The quantitative estimate of drug-likeness (QED) is 0.472. The predicted molar refractivity (Wildman–Crippen MR) is 105 cm³/mol. The standard InChI is InChI=1S/C18H20Cl2N4O/c1-2-8-24-18(25)17(23)16(22)12-5-3-4-11(15(12)21)13-9-10(19)6-7-14(13)20/h3-7,9H,2,8,21-23H2,1H3,(H,24,25)/b17-16+. The van der Waals surface area contributed by atoms with Gasteiger partial charge in [-0.1, -0.05) is 48.3 Å². The van der Waals surface area contributed by atoms with Crippen molar-refractivity contribution in [2.24, 2.45) is 11.5 Å². The Morgan fingerprint density at radius 3 is 2.52 bits per heavy atom. The van der Waals surface area contributed by atoms with Crippen LogP contribution < -0.4 is 22.5 Å². The van der Waals surface area contributed by atoms with Gasteiger partial charge in [0.15, 0.2) is 0 Å². The SMILES string of the molecule is CCCNC(=O)/C(N)=C(\N)c1cccc(-c2cc(Cl)ccc2Cl)c1N. The number of anilines is 1. The van der Waals surface area contributed by atoms with E-state index in [2.05, 4.69) is 5.32 Å². The van der Waals surface area contributed by atoms with Crippen LogP contribution in [0.4, 0.5) is 5.69 Å². The maximum Gasteiger partial charge on any atom is 0.269 e. The number of nitrogens with two attached hydrogens (primary N) is 3. The minimum absolute atomic E-state index is 0.0745. The van der Waals surface area contributed by atoms with E-state index in [1.165, 1.54) is 0 Å². The third-order valence-electron chi connectivity index (χ3n) is 3.69. The van der Waals surface area contributed by atoms with E-state index in [0.29, 0.717) is 39.0 Å². The largest absolute Gasteiger partial charge is 0.398 e. The summed E-state index contributed by atoms with van der Waals surface area (Å²) in [5.74, 6) is -0.426. The summed E-state index contributed by atoms with van der Waals surface area (Å²) in [5, 5.41) is 3.72. The molecule has 132 valence electrons. The zero-order chi connectivity index (χ0) is 18.6. The molecule has 0 spiro atoms. The van der Waals surface area contributed by atoms with E-state index >= 15 is 0 Å². The van der Waals surface area contributed by atoms with Crippen LogP contribution in [0.1, 0.15) is 18.9 Å². The maximum absolute atomic E-state index is 12.0. The molecular formula is C18H20Cl2N4O. The lowest BCUT2D eigenvalue weighted by Crippen LogP contribution is -2.31. The molecule has 0 bridgehead atoms. The molecule has 0 radical (unpaired) electrons. The Kier molecular flexibility index (Phi) is 6.17. The van der Waals surface area contributed by atoms with Crippen molar-refractivity contribution in [3.63, 3.8) is 0 Å². The number of nitrogen functional groups attached to an aromatic ring is 1. The van der Waals surface area contributed by atoms with E-state index in [0.717, 1.165) is 6.42 Å². The lowest BCUT2D eigenvalue weighted by Gasteiger charge is -2.14. The van der Waals surface area contributed by atoms with E-state index in [1.54, 1.807) is 36.4 Å². The molecule has 0 fully saturated rings. The number of para-hydroxylation sites is 1. The van der Waals surface area contributed by atoms with Gasteiger partial charge < -0.3 is 22.5 Å². The van der Waals surface area contributed by atoms with Gasteiger partial charge in [-0.2, -0.15) is 0 Å². The van der Waals surface area contributed by atoms with Gasteiger partial charge in [0.25, 0.3) is 5.91 Å². The van der Waals surface area contributed by atoms with Crippen LogP contribution in [0, 0.1) is 0 Å². The Labute approximate surface area is 156 Å². The molecular weight excluding hydrogens is 359 g/mol. The second-order valence-electron chi connectivity index (χ2n) is 5.47. The van der Waals surface area contributed by atoms with Gasteiger partial charge in [-0.25, -0.2) is 0 Å². The van der Waals surface area contributed by atoms with Crippen molar-refractivity contribution < 1.29 is 4.79 Å². The van der Waals surface area contributed by atoms with Crippen molar-refractivity contribution in [2.75, 3.05) is 12.3 Å². The van der Waals surface area contributed by atoms with Crippen LogP contribution in [0.15, 0.2) is 42.1 Å². The van der Waals surface area contributed by atoms with Gasteiger partial charge in [-0.05, 0) is 24.6 Å². The summed E-state index contributed by atoms with van der Waals surface area (Å²) in [6.07, 6.45) is 0.795. The van der Waals surface area contributed by atoms with Gasteiger partial charge in [-0.15, -0.1) is 0 Å². The molecule has 0 saturated carbocycles. The van der Waals surface area contributed by atoms with Crippen LogP contribution in [0.2, 0.25) is 10.0 Å². The number of carbonyl (C=O) groups excluding carboxylic acids is 1. The summed E-state index contributed by atoms with van der Waals surface area (Å²) < 4.78 is 0. The molecule has 0 saturated heterocycles. The summed E-state index contributed by atoms with van der Waals surface area (Å²) in [5.41, 5.74) is 20.5. The number of carbonyl (C=O) groups is 1. The van der Waals surface area contributed by atoms with Gasteiger partial charge in [0.1, 0.15) is 5.70 Å². The molecule has 5 nitrogen and oxygen atoms in total. The lowest BCUT2D eigenvalue weighted by molar-refractivity contribution is -0.117. The Morgan fingerprint density at radius 2 is 1.84 bits per heavy atom. The Morgan fingerprint density at radius 1 is 1.12 bits per heavy atom. The Balaban J connectivity index is 2.51. The van der Waals surface area contributed by atoms with Crippen molar-refractivity contribution in [1.82, 2.24) is 5.32 Å². The first-order chi connectivity index (χ1) is 11.9. The zero-order valence-electron chi connectivity index (χ0n) is 13.8. The lowest BCUT2D eigenvalue weighted by atomic mass is 9.98. The molecule has 7 heteroatoms. The minimum atomic E-state index is -0.426. The molecule has 0 aromatic heterocycles. The third kappa shape index (κ3) is 4.18. The topological polar surface area (TPSA) is 107 Å². The highest BCUT2D eigenvalue weighted by Crippen LogP contribution is 2.36. The van der Waals surface area contributed by atoms with Crippen molar-refractivity contribution in [3.05, 3.63) is 57.7 Å². The van der Waals surface area contributed by atoms with Crippen LogP contribution in [0.25, 0.3) is 16.8 Å². The number of benzene rings is 2. The molecule has 0 aliphatic heterocycles. The molecule has 7 N–H and O–H groups in total. The molecule has 0 unspecified atom stereocenters. The normalized spacial score (nSPS) is 11.8. The Bertz CT molecular complexity index is 834. The van der Waals surface area contributed by atoms with Crippen LogP contribution >= 0.6 is 23.2 Å². The first-order valence-electron chi connectivity index (χ1n) is 7.74. The number of hydrogen-bond donors (Lipinski definition) is 4. The average molecular weight is 379 g/mol. The van der Waals surface area contributed by atoms with Crippen LogP contribution in [-0.2, 0) is 4.79 Å². The third-order valence-corrected chi connectivity index (χ3v) is 4.25. The summed E-state index contributed by atoms with van der Waals surface area (Å²) in [6.45, 7) is 2.46. The second-order valence-corrected chi connectivity index (χ2v) is 6.32. The highest BCUT2D eigenvalue weighted by atomic mass is 35.5. The van der Waals surface area contributed by atoms with Gasteiger partial charge >= 0.3 is 0 Å². The maximum atomic E-state index is 12.0. The van der Waals surface area contributed by atoms with Gasteiger partial charge in [0.2, 0.25) is 0 Å². The molecule has 2 rings (SSSR count). The van der Waals surface area contributed by atoms with E-state index in [9.17, 15) is 4.79 Å². The van der Waals surface area contributed by atoms with E-state index in [4.69, 9.17) is 40.4 Å². The number of rotatable bonds is 5. The Hall–Kier alpha value is -2.37. The molecule has 0 heterocycles. The van der Waals surface area contributed by atoms with Crippen LogP contribution in [-0.4, -0.2) is 12.5 Å². The van der Waals surface area contributed by atoms with E-state index < -0.39 is 5.91 Å². The van der Waals surface area contributed by atoms with Crippen molar-refractivity contribution in [2.45, 2.75) is 13.3 Å². The average Bonchev–Trinajstić information content (AvgIpc) is 2.60. The number of nitrogens with one attached hydrogen (secondary N) is 1. The van der Waals surface area contributed by atoms with Gasteiger partial charge in [0, 0.05) is 39.0 Å². The summed E-state index contributed by atoms with van der Waals surface area (Å²) in [7, 11) is 0. The fourth-order valence-corrected chi connectivity index (χ4v) is 2.73. The van der Waals surface area contributed by atoms with Crippen molar-refractivity contribution in [1.29, 1.82) is 0 Å². The van der Waals surface area contributed by atoms with Gasteiger partial charge in [-0.3, -0.25) is 4.79 Å². The molecule has 2 aromatic rings. The molecule has 25 heavy (non-hydrogen) atoms. The smallest absolute Gasteiger partial charge is 0.269 e. The van der Waals surface area contributed by atoms with E-state index in [-0.39, 0.29) is 11.4 Å². The summed E-state index contributed by atoms with van der Waals surface area (Å²) in [6, 6.07) is 10.4. The second kappa shape index (κ2) is 8.14. The summed E-state index contributed by atoms with van der Waals surface area (Å²) >= 11 is 12.3. The molecule has 0 aliphatic rings. The van der Waals surface area contributed by atoms with Crippen molar-refractivity contribution >= 4 is 40.5 Å². The fourth-order valence-electron chi connectivity index (χ4n) is 2.34. The fraction of sp³-hybridized carbons (Fsp3) is 0.167. The van der Waals surface area contributed by atoms with Crippen LogP contribution in [0.3, 0.4) is 0 Å². The first-order valence-corrected chi connectivity index (χ1v) is 8.50. The predicted octanol–water partition coefficient (Wildman–Crippen LogP) is 3.35. The van der Waals surface area contributed by atoms with Crippen LogP contribution in [0.5, 0.6) is 0 Å². The first kappa shape index (κ1) is 19.0. The number of halogens is 2. The van der Waals surface area contributed by atoms with Crippen molar-refractivity contribution in [3.8, 4) is 11.1 Å². The zero-order valence-corrected chi connectivity index (χ0v) is 15.3. The minimum Gasteiger partial charge on any atom is -0.398 e. The molecule has 0 aliphatic carbocycles. The highest BCUT2D eigenvalue weighted by molar-refractivity contribution is 6.35. The van der Waals surface area contributed by atoms with E-state index in [1.807, 2.05) is 6.92 Å². The number of amides is 1. The molecule has 0 atom stereocenters. The highest BCUT2D eigenvalue weighted by Gasteiger charge is 2.16. The monoisotopic (exact) mass is 378 g/mol. The van der Waals surface area contributed by atoms with Gasteiger partial charge in [0.05, 0.1) is 5.70 Å². The molecule has 2 aromatic carbocycles. The number of hydrogen-bond acceptors (Lipinski definition) is 4. The summed E-state index contributed by atoms with van der Waals surface area (Å²) in [4.78, 5) is 12.0.